The molecule has 1 aliphatic heterocycles. The molecule has 116 valence electrons. The van der Waals surface area contributed by atoms with Gasteiger partial charge in [-0.1, -0.05) is 0 Å². The van der Waals surface area contributed by atoms with Gasteiger partial charge >= 0.3 is 6.18 Å². The van der Waals surface area contributed by atoms with E-state index in [9.17, 15) is 18.0 Å². The lowest BCUT2D eigenvalue weighted by Gasteiger charge is -2.17. The highest BCUT2D eigenvalue weighted by molar-refractivity contribution is 5.95. The SMILES string of the molecule is Cc1nc(C(F)(F)F)ccc1C(=O)NC1CCCNCC1. The summed E-state index contributed by atoms with van der Waals surface area (Å²) in [5, 5.41) is 6.11. The van der Waals surface area contributed by atoms with Gasteiger partial charge in [0.1, 0.15) is 5.69 Å². The van der Waals surface area contributed by atoms with Crippen LogP contribution in [0.1, 0.15) is 41.0 Å². The highest BCUT2D eigenvalue weighted by atomic mass is 19.4. The summed E-state index contributed by atoms with van der Waals surface area (Å²) in [7, 11) is 0. The molecule has 0 bridgehead atoms. The predicted octanol–water partition coefficient (Wildman–Crippen LogP) is 2.28. The van der Waals surface area contributed by atoms with Crippen LogP contribution in [-0.2, 0) is 6.18 Å². The topological polar surface area (TPSA) is 54.0 Å². The molecule has 0 radical (unpaired) electrons. The molecule has 0 aromatic carbocycles. The first-order valence-corrected chi connectivity index (χ1v) is 6.94. The number of nitrogens with one attached hydrogen (secondary N) is 2. The summed E-state index contributed by atoms with van der Waals surface area (Å²) in [5.41, 5.74) is -0.690. The van der Waals surface area contributed by atoms with Crippen LogP contribution in [0, 0.1) is 6.92 Å². The Kier molecular flexibility index (Phi) is 4.82. The Bertz CT molecular complexity index is 509. The van der Waals surface area contributed by atoms with Gasteiger partial charge in [-0.15, -0.1) is 0 Å². The van der Waals surface area contributed by atoms with Gasteiger partial charge in [-0.25, -0.2) is 4.98 Å². The molecule has 7 heteroatoms. The van der Waals surface area contributed by atoms with Crippen LogP contribution in [0.4, 0.5) is 13.2 Å². The Hall–Kier alpha value is -1.63. The van der Waals surface area contributed by atoms with Gasteiger partial charge < -0.3 is 10.6 Å². The maximum Gasteiger partial charge on any atom is 0.433 e. The van der Waals surface area contributed by atoms with E-state index < -0.39 is 11.9 Å². The predicted molar refractivity (Wildman–Crippen MR) is 72.0 cm³/mol. The second-order valence-electron chi connectivity index (χ2n) is 5.18. The van der Waals surface area contributed by atoms with Crippen molar-refractivity contribution in [2.45, 2.75) is 38.4 Å². The molecule has 0 saturated carbocycles. The Labute approximate surface area is 121 Å². The third-order valence-electron chi connectivity index (χ3n) is 3.53. The smallest absolute Gasteiger partial charge is 0.349 e. The van der Waals surface area contributed by atoms with E-state index in [1.165, 1.54) is 13.0 Å². The van der Waals surface area contributed by atoms with Crippen molar-refractivity contribution in [2.75, 3.05) is 13.1 Å². The molecule has 1 unspecified atom stereocenters. The molecular formula is C14H18F3N3O. The summed E-state index contributed by atoms with van der Waals surface area (Å²) in [4.78, 5) is 15.6. The number of hydrogen-bond acceptors (Lipinski definition) is 3. The standard InChI is InChI=1S/C14H18F3N3O/c1-9-11(4-5-12(19-9)14(15,16)17)13(21)20-10-3-2-7-18-8-6-10/h4-5,10,18H,2-3,6-8H2,1H3,(H,20,21). The van der Waals surface area contributed by atoms with Crippen molar-refractivity contribution in [3.63, 3.8) is 0 Å². The molecule has 2 rings (SSSR count). The normalized spacial score (nSPS) is 19.9. The molecule has 1 aromatic heterocycles. The van der Waals surface area contributed by atoms with Gasteiger partial charge in [0, 0.05) is 6.04 Å². The lowest BCUT2D eigenvalue weighted by Crippen LogP contribution is -2.36. The molecule has 2 heterocycles. The van der Waals surface area contributed by atoms with E-state index in [1.54, 1.807) is 0 Å². The van der Waals surface area contributed by atoms with Crippen molar-refractivity contribution >= 4 is 5.91 Å². The van der Waals surface area contributed by atoms with Gasteiger partial charge in [0.25, 0.3) is 5.91 Å². The third-order valence-corrected chi connectivity index (χ3v) is 3.53. The zero-order chi connectivity index (χ0) is 15.5. The van der Waals surface area contributed by atoms with Gasteiger partial charge in [-0.2, -0.15) is 13.2 Å². The molecule has 4 nitrogen and oxygen atoms in total. The van der Waals surface area contributed by atoms with Crippen molar-refractivity contribution in [3.05, 3.63) is 29.1 Å². The lowest BCUT2D eigenvalue weighted by atomic mass is 10.1. The Morgan fingerprint density at radius 2 is 2.10 bits per heavy atom. The van der Waals surface area contributed by atoms with Crippen molar-refractivity contribution in [2.24, 2.45) is 0 Å². The molecule has 0 spiro atoms. The second kappa shape index (κ2) is 6.43. The van der Waals surface area contributed by atoms with Crippen LogP contribution < -0.4 is 10.6 Å². The van der Waals surface area contributed by atoms with E-state index in [1.807, 2.05) is 0 Å². The quantitative estimate of drug-likeness (QED) is 0.881. The average Bonchev–Trinajstić information content (AvgIpc) is 2.66. The minimum atomic E-state index is -4.49. The Morgan fingerprint density at radius 1 is 1.33 bits per heavy atom. The summed E-state index contributed by atoms with van der Waals surface area (Å²) in [5.74, 6) is -0.361. The highest BCUT2D eigenvalue weighted by Crippen LogP contribution is 2.28. The number of halogens is 3. The fourth-order valence-corrected chi connectivity index (χ4v) is 2.39. The van der Waals surface area contributed by atoms with Crippen LogP contribution in [-0.4, -0.2) is 30.0 Å². The molecule has 1 aromatic rings. The number of alkyl halides is 3. The molecule has 0 aliphatic carbocycles. The second-order valence-corrected chi connectivity index (χ2v) is 5.18. The van der Waals surface area contributed by atoms with Crippen LogP contribution in [0.25, 0.3) is 0 Å². The molecule has 1 amide bonds. The number of rotatable bonds is 2. The van der Waals surface area contributed by atoms with Crippen molar-refractivity contribution in [1.82, 2.24) is 15.6 Å². The molecular weight excluding hydrogens is 283 g/mol. The van der Waals surface area contributed by atoms with Crippen LogP contribution in [0.2, 0.25) is 0 Å². The zero-order valence-electron chi connectivity index (χ0n) is 11.8. The summed E-state index contributed by atoms with van der Waals surface area (Å²) in [6.45, 7) is 3.17. The molecule has 1 aliphatic rings. The van der Waals surface area contributed by atoms with Gasteiger partial charge in [-0.3, -0.25) is 4.79 Å². The first kappa shape index (κ1) is 15.8. The van der Waals surface area contributed by atoms with Gasteiger partial charge in [-0.05, 0) is 51.4 Å². The molecule has 21 heavy (non-hydrogen) atoms. The first-order chi connectivity index (χ1) is 9.88. The van der Waals surface area contributed by atoms with Crippen LogP contribution >= 0.6 is 0 Å². The number of carbonyl (C=O) groups excluding carboxylic acids is 1. The fourth-order valence-electron chi connectivity index (χ4n) is 2.39. The van der Waals surface area contributed by atoms with E-state index in [-0.39, 0.29) is 23.2 Å². The van der Waals surface area contributed by atoms with Crippen LogP contribution in [0.15, 0.2) is 12.1 Å². The van der Waals surface area contributed by atoms with Gasteiger partial charge in [0.05, 0.1) is 11.3 Å². The zero-order valence-corrected chi connectivity index (χ0v) is 11.8. The molecule has 1 atom stereocenters. The van der Waals surface area contributed by atoms with Gasteiger partial charge in [0.15, 0.2) is 0 Å². The number of carbonyl (C=O) groups is 1. The monoisotopic (exact) mass is 301 g/mol. The molecule has 1 fully saturated rings. The van der Waals surface area contributed by atoms with Crippen molar-refractivity contribution < 1.29 is 18.0 Å². The van der Waals surface area contributed by atoms with E-state index in [0.717, 1.165) is 38.4 Å². The highest BCUT2D eigenvalue weighted by Gasteiger charge is 2.33. The minimum Gasteiger partial charge on any atom is -0.349 e. The number of hydrogen-bond donors (Lipinski definition) is 2. The summed E-state index contributed by atoms with van der Waals surface area (Å²) < 4.78 is 37.6. The maximum atomic E-state index is 12.5. The Morgan fingerprint density at radius 3 is 2.76 bits per heavy atom. The molecule has 2 N–H and O–H groups in total. The molecule has 1 saturated heterocycles. The maximum absolute atomic E-state index is 12.5. The van der Waals surface area contributed by atoms with Gasteiger partial charge in [0.2, 0.25) is 0 Å². The summed E-state index contributed by atoms with van der Waals surface area (Å²) >= 11 is 0. The number of pyridine rings is 1. The number of nitrogens with zero attached hydrogens (tertiary/aromatic N) is 1. The number of aromatic nitrogens is 1. The first-order valence-electron chi connectivity index (χ1n) is 6.94. The summed E-state index contributed by atoms with van der Waals surface area (Å²) in [6, 6.07) is 2.08. The number of amides is 1. The van der Waals surface area contributed by atoms with E-state index in [4.69, 9.17) is 0 Å². The summed E-state index contributed by atoms with van der Waals surface area (Å²) in [6.07, 6.45) is -1.84. The fraction of sp³-hybridized carbons (Fsp3) is 0.571. The van der Waals surface area contributed by atoms with Crippen molar-refractivity contribution in [3.8, 4) is 0 Å². The largest absolute Gasteiger partial charge is 0.433 e. The third kappa shape index (κ3) is 4.17. The van der Waals surface area contributed by atoms with Crippen LogP contribution in [0.5, 0.6) is 0 Å². The van der Waals surface area contributed by atoms with E-state index >= 15 is 0 Å². The lowest BCUT2D eigenvalue weighted by molar-refractivity contribution is -0.141. The van der Waals surface area contributed by atoms with E-state index in [2.05, 4.69) is 15.6 Å². The Balaban J connectivity index is 2.08. The average molecular weight is 301 g/mol. The number of aryl methyl sites for hydroxylation is 1. The van der Waals surface area contributed by atoms with E-state index in [0.29, 0.717) is 0 Å². The van der Waals surface area contributed by atoms with Crippen molar-refractivity contribution in [1.29, 1.82) is 0 Å². The minimum absolute atomic E-state index is 0.0502. The van der Waals surface area contributed by atoms with Crippen LogP contribution in [0.3, 0.4) is 0 Å².